The Bertz CT molecular complexity index is 522. The zero-order valence-electron chi connectivity index (χ0n) is 9.36. The predicted molar refractivity (Wildman–Crippen MR) is 69.9 cm³/mol. The molecule has 2 aromatic rings. The largest absolute Gasteiger partial charge is 0.477 e. The second-order valence-corrected chi connectivity index (χ2v) is 5.63. The van der Waals surface area contributed by atoms with Crippen LogP contribution < -0.4 is 4.74 Å². The average molecular weight is 269 g/mol. The van der Waals surface area contributed by atoms with Gasteiger partial charge >= 0.3 is 0 Å². The highest BCUT2D eigenvalue weighted by molar-refractivity contribution is 7.16. The Labute approximate surface area is 109 Å². The number of ether oxygens (including phenoxy) is 1. The molecule has 0 bridgehead atoms. The molecule has 0 amide bonds. The lowest BCUT2D eigenvalue weighted by Gasteiger charge is -2.11. The smallest absolute Gasteiger partial charge is 0.227 e. The molecule has 0 aromatic carbocycles. The van der Waals surface area contributed by atoms with Crippen molar-refractivity contribution in [2.24, 2.45) is 5.92 Å². The normalized spacial score (nSPS) is 16.8. The van der Waals surface area contributed by atoms with Gasteiger partial charge in [-0.2, -0.15) is 4.98 Å². The van der Waals surface area contributed by atoms with Crippen molar-refractivity contribution in [3.8, 4) is 5.88 Å². The summed E-state index contributed by atoms with van der Waals surface area (Å²) in [4.78, 5) is 9.24. The molecule has 1 fully saturated rings. The Morgan fingerprint density at radius 2 is 2.18 bits per heavy atom. The van der Waals surface area contributed by atoms with Crippen molar-refractivity contribution < 1.29 is 4.74 Å². The second kappa shape index (κ2) is 4.78. The lowest BCUT2D eigenvalue weighted by molar-refractivity contribution is 0.246. The molecule has 0 radical (unpaired) electrons. The Balaban J connectivity index is 1.81. The predicted octanol–water partition coefficient (Wildman–Crippen LogP) is 3.91. The van der Waals surface area contributed by atoms with E-state index in [1.54, 1.807) is 11.3 Å². The highest BCUT2D eigenvalue weighted by atomic mass is 35.5. The van der Waals surface area contributed by atoms with E-state index in [9.17, 15) is 0 Å². The Morgan fingerprint density at radius 3 is 3.00 bits per heavy atom. The first kappa shape index (κ1) is 11.2. The molecule has 1 aliphatic carbocycles. The molecule has 3 rings (SSSR count). The van der Waals surface area contributed by atoms with E-state index in [1.165, 1.54) is 25.7 Å². The number of rotatable bonds is 3. The van der Waals surface area contributed by atoms with Crippen LogP contribution in [0.4, 0.5) is 0 Å². The van der Waals surface area contributed by atoms with Crippen molar-refractivity contribution in [3.05, 3.63) is 16.7 Å². The summed E-state index contributed by atoms with van der Waals surface area (Å²) in [5, 5.41) is 3.22. The average Bonchev–Trinajstić information content (AvgIpc) is 2.95. The van der Waals surface area contributed by atoms with E-state index in [2.05, 4.69) is 9.97 Å². The Kier molecular flexibility index (Phi) is 3.16. The van der Waals surface area contributed by atoms with Gasteiger partial charge in [0.25, 0.3) is 0 Å². The quantitative estimate of drug-likeness (QED) is 0.792. The van der Waals surface area contributed by atoms with Gasteiger partial charge in [0, 0.05) is 0 Å². The van der Waals surface area contributed by atoms with Gasteiger partial charge in [-0.1, -0.05) is 12.8 Å². The monoisotopic (exact) mass is 268 g/mol. The van der Waals surface area contributed by atoms with E-state index in [0.717, 1.165) is 16.8 Å². The lowest BCUT2D eigenvalue weighted by Crippen LogP contribution is -2.09. The van der Waals surface area contributed by atoms with E-state index in [4.69, 9.17) is 16.3 Å². The summed E-state index contributed by atoms with van der Waals surface area (Å²) in [5.74, 6) is 1.31. The molecule has 0 aliphatic heterocycles. The van der Waals surface area contributed by atoms with Gasteiger partial charge in [-0.15, -0.1) is 11.3 Å². The van der Waals surface area contributed by atoms with Crippen molar-refractivity contribution in [2.45, 2.75) is 25.7 Å². The molecule has 17 heavy (non-hydrogen) atoms. The van der Waals surface area contributed by atoms with Crippen LogP contribution in [0, 0.1) is 5.92 Å². The number of hydrogen-bond donors (Lipinski definition) is 0. The summed E-state index contributed by atoms with van der Waals surface area (Å²) < 4.78 is 5.81. The maximum absolute atomic E-state index is 5.88. The van der Waals surface area contributed by atoms with Crippen LogP contribution in [0.5, 0.6) is 5.88 Å². The fraction of sp³-hybridized carbons (Fsp3) is 0.500. The maximum atomic E-state index is 5.88. The van der Waals surface area contributed by atoms with Crippen LogP contribution in [-0.2, 0) is 0 Å². The number of halogens is 1. The zero-order chi connectivity index (χ0) is 11.7. The third-order valence-corrected chi connectivity index (χ3v) is 4.17. The van der Waals surface area contributed by atoms with E-state index >= 15 is 0 Å². The Morgan fingerprint density at radius 1 is 1.35 bits per heavy atom. The molecular formula is C12H13ClN2OS. The summed E-state index contributed by atoms with van der Waals surface area (Å²) in [6.07, 6.45) is 5.19. The minimum absolute atomic E-state index is 0.265. The summed E-state index contributed by atoms with van der Waals surface area (Å²) in [6.45, 7) is 0.748. The molecule has 3 nitrogen and oxygen atoms in total. The van der Waals surface area contributed by atoms with Gasteiger partial charge in [0.2, 0.25) is 11.2 Å². The van der Waals surface area contributed by atoms with Crippen LogP contribution >= 0.6 is 22.9 Å². The summed E-state index contributed by atoms with van der Waals surface area (Å²) in [6, 6.07) is 1.99. The molecule has 1 saturated carbocycles. The van der Waals surface area contributed by atoms with Gasteiger partial charge in [-0.05, 0) is 41.8 Å². The molecule has 0 N–H and O–H groups in total. The van der Waals surface area contributed by atoms with E-state index in [1.807, 2.05) is 11.4 Å². The molecule has 5 heteroatoms. The van der Waals surface area contributed by atoms with Crippen LogP contribution in [0.3, 0.4) is 0 Å². The summed E-state index contributed by atoms with van der Waals surface area (Å²) in [7, 11) is 0. The highest BCUT2D eigenvalue weighted by Crippen LogP contribution is 2.30. The SMILES string of the molecule is Clc1nc(OCC2CCCC2)c2ccsc2n1. The lowest BCUT2D eigenvalue weighted by atomic mass is 10.1. The topological polar surface area (TPSA) is 35.0 Å². The van der Waals surface area contributed by atoms with Crippen LogP contribution in [0.15, 0.2) is 11.4 Å². The van der Waals surface area contributed by atoms with Crippen molar-refractivity contribution >= 4 is 33.2 Å². The van der Waals surface area contributed by atoms with Gasteiger partial charge in [-0.3, -0.25) is 0 Å². The number of fused-ring (bicyclic) bond motifs is 1. The Hall–Kier alpha value is -0.870. The van der Waals surface area contributed by atoms with Crippen LogP contribution in [0.1, 0.15) is 25.7 Å². The standard InChI is InChI=1S/C12H13ClN2OS/c13-12-14-10(9-5-6-17-11(9)15-12)16-7-8-3-1-2-4-8/h5-6,8H,1-4,7H2. The molecule has 90 valence electrons. The third kappa shape index (κ3) is 2.38. The fourth-order valence-corrected chi connectivity index (χ4v) is 3.25. The molecule has 0 unspecified atom stereocenters. The molecule has 0 atom stereocenters. The van der Waals surface area contributed by atoms with Crippen molar-refractivity contribution in [1.82, 2.24) is 9.97 Å². The first-order valence-corrected chi connectivity index (χ1v) is 7.12. The molecule has 2 aromatic heterocycles. The number of nitrogens with zero attached hydrogens (tertiary/aromatic N) is 2. The zero-order valence-corrected chi connectivity index (χ0v) is 10.9. The molecule has 0 spiro atoms. The van der Waals surface area contributed by atoms with E-state index in [-0.39, 0.29) is 5.28 Å². The number of thiophene rings is 1. The minimum Gasteiger partial charge on any atom is -0.477 e. The van der Waals surface area contributed by atoms with Crippen molar-refractivity contribution in [3.63, 3.8) is 0 Å². The minimum atomic E-state index is 0.265. The maximum Gasteiger partial charge on any atom is 0.227 e. The molecule has 2 heterocycles. The molecule has 1 aliphatic rings. The van der Waals surface area contributed by atoms with Crippen LogP contribution in [0.2, 0.25) is 5.28 Å². The van der Waals surface area contributed by atoms with Gasteiger partial charge in [-0.25, -0.2) is 4.98 Å². The third-order valence-electron chi connectivity index (χ3n) is 3.19. The van der Waals surface area contributed by atoms with Gasteiger partial charge in [0.05, 0.1) is 12.0 Å². The van der Waals surface area contributed by atoms with Gasteiger partial charge < -0.3 is 4.74 Å². The fourth-order valence-electron chi connectivity index (χ4n) is 2.29. The first-order chi connectivity index (χ1) is 8.33. The molecule has 0 saturated heterocycles. The summed E-state index contributed by atoms with van der Waals surface area (Å²) in [5.41, 5.74) is 0. The van der Waals surface area contributed by atoms with E-state index in [0.29, 0.717) is 11.8 Å². The van der Waals surface area contributed by atoms with E-state index < -0.39 is 0 Å². The number of hydrogen-bond acceptors (Lipinski definition) is 4. The molecular weight excluding hydrogens is 256 g/mol. The van der Waals surface area contributed by atoms with Crippen molar-refractivity contribution in [2.75, 3.05) is 6.61 Å². The van der Waals surface area contributed by atoms with Crippen LogP contribution in [-0.4, -0.2) is 16.6 Å². The van der Waals surface area contributed by atoms with Gasteiger partial charge in [0.1, 0.15) is 4.83 Å². The second-order valence-electron chi connectivity index (χ2n) is 4.40. The van der Waals surface area contributed by atoms with Crippen molar-refractivity contribution in [1.29, 1.82) is 0 Å². The van der Waals surface area contributed by atoms with Gasteiger partial charge in [0.15, 0.2) is 0 Å². The first-order valence-electron chi connectivity index (χ1n) is 5.86. The summed E-state index contributed by atoms with van der Waals surface area (Å²) >= 11 is 7.44. The van der Waals surface area contributed by atoms with Crippen LogP contribution in [0.25, 0.3) is 10.2 Å². The highest BCUT2D eigenvalue weighted by Gasteiger charge is 2.17. The number of aromatic nitrogens is 2.